The highest BCUT2D eigenvalue weighted by atomic mass is 15.1. The van der Waals surface area contributed by atoms with Crippen molar-refractivity contribution in [1.82, 2.24) is 10.2 Å². The molecule has 82 valence electrons. The maximum atomic E-state index is 6.10. The van der Waals surface area contributed by atoms with E-state index in [2.05, 4.69) is 33.7 Å². The highest BCUT2D eigenvalue weighted by Crippen LogP contribution is 2.38. The van der Waals surface area contributed by atoms with Gasteiger partial charge in [0.1, 0.15) is 0 Å². The Balaban J connectivity index is 1.89. The number of nitrogens with zero attached hydrogens (tertiary/aromatic N) is 1. The van der Waals surface area contributed by atoms with Crippen LogP contribution in [0.3, 0.4) is 0 Å². The highest BCUT2D eigenvalue weighted by molar-refractivity contribution is 5.46. The van der Waals surface area contributed by atoms with Crippen molar-refractivity contribution < 1.29 is 0 Å². The van der Waals surface area contributed by atoms with Gasteiger partial charge in [-0.25, -0.2) is 0 Å². The smallest absolute Gasteiger partial charge is 0.0728 e. The quantitative estimate of drug-likeness (QED) is 0.716. The Bertz CT molecular complexity index is 478. The molecule has 1 aliphatic rings. The van der Waals surface area contributed by atoms with Gasteiger partial charge in [-0.3, -0.25) is 5.10 Å². The van der Waals surface area contributed by atoms with E-state index < -0.39 is 0 Å². The number of H-pyrrole nitrogens is 1. The summed E-state index contributed by atoms with van der Waals surface area (Å²) in [7, 11) is 0. The number of aromatic nitrogens is 2. The average Bonchev–Trinajstić information content (AvgIpc) is 2.90. The number of rotatable bonds is 2. The lowest BCUT2D eigenvalue weighted by Gasteiger charge is -2.13. The van der Waals surface area contributed by atoms with Crippen LogP contribution in [-0.4, -0.2) is 10.2 Å². The lowest BCUT2D eigenvalue weighted by atomic mass is 10.1. The lowest BCUT2D eigenvalue weighted by molar-refractivity contribution is 0.648. The number of nitrogens with two attached hydrogens (primary N) is 1. The summed E-state index contributed by atoms with van der Waals surface area (Å²) in [6.07, 6.45) is 4.57. The summed E-state index contributed by atoms with van der Waals surface area (Å²) in [5.41, 5.74) is 9.67. The van der Waals surface area contributed by atoms with E-state index in [0.717, 1.165) is 12.1 Å². The highest BCUT2D eigenvalue weighted by Gasteiger charge is 2.27. The predicted molar refractivity (Wildman–Crippen MR) is 62.9 cm³/mol. The molecule has 4 heteroatoms. The van der Waals surface area contributed by atoms with Gasteiger partial charge in [0.25, 0.3) is 0 Å². The second kappa shape index (κ2) is 3.64. The standard InChI is InChI=1S/C12H14N4/c13-11-5-12(16-8-6-14-15-7-8)10-4-2-1-3-9(10)11/h1-4,6-7,11-12,16H,5,13H2,(H,14,15). The van der Waals surface area contributed by atoms with Crippen LogP contribution in [0.25, 0.3) is 0 Å². The molecule has 2 atom stereocenters. The molecule has 16 heavy (non-hydrogen) atoms. The number of hydrogen-bond acceptors (Lipinski definition) is 3. The molecular weight excluding hydrogens is 200 g/mol. The van der Waals surface area contributed by atoms with Gasteiger partial charge in [0.05, 0.1) is 17.9 Å². The van der Waals surface area contributed by atoms with Crippen molar-refractivity contribution in [2.75, 3.05) is 5.32 Å². The Labute approximate surface area is 93.9 Å². The minimum Gasteiger partial charge on any atom is -0.376 e. The largest absolute Gasteiger partial charge is 0.376 e. The molecule has 2 aromatic rings. The van der Waals surface area contributed by atoms with E-state index in [1.165, 1.54) is 11.1 Å². The monoisotopic (exact) mass is 214 g/mol. The fraction of sp³-hybridized carbons (Fsp3) is 0.250. The number of aromatic amines is 1. The predicted octanol–water partition coefficient (Wildman–Crippen LogP) is 1.97. The molecule has 0 saturated heterocycles. The maximum Gasteiger partial charge on any atom is 0.0728 e. The number of hydrogen-bond donors (Lipinski definition) is 3. The number of fused-ring (bicyclic) bond motifs is 1. The molecule has 4 N–H and O–H groups in total. The molecule has 0 spiro atoms. The van der Waals surface area contributed by atoms with Gasteiger partial charge in [0.15, 0.2) is 0 Å². The molecule has 2 unspecified atom stereocenters. The van der Waals surface area contributed by atoms with Crippen LogP contribution in [0.5, 0.6) is 0 Å². The summed E-state index contributed by atoms with van der Waals surface area (Å²) in [6.45, 7) is 0. The molecule has 0 saturated carbocycles. The first kappa shape index (κ1) is 9.42. The summed E-state index contributed by atoms with van der Waals surface area (Å²) in [5, 5.41) is 10.1. The van der Waals surface area contributed by atoms with Crippen LogP contribution in [0.15, 0.2) is 36.7 Å². The van der Waals surface area contributed by atoms with Crippen molar-refractivity contribution in [3.8, 4) is 0 Å². The van der Waals surface area contributed by atoms with Gasteiger partial charge in [-0.05, 0) is 17.5 Å². The summed E-state index contributed by atoms with van der Waals surface area (Å²) in [5.74, 6) is 0. The fourth-order valence-electron chi connectivity index (χ4n) is 2.34. The minimum atomic E-state index is 0.139. The van der Waals surface area contributed by atoms with E-state index in [4.69, 9.17) is 5.73 Å². The summed E-state index contributed by atoms with van der Waals surface area (Å²) in [6, 6.07) is 8.78. The Morgan fingerprint density at radius 1 is 1.31 bits per heavy atom. The zero-order valence-electron chi connectivity index (χ0n) is 8.85. The normalized spacial score (nSPS) is 23.1. The van der Waals surface area contributed by atoms with Crippen molar-refractivity contribution in [1.29, 1.82) is 0 Å². The molecule has 1 aliphatic carbocycles. The van der Waals surface area contributed by atoms with Gasteiger partial charge in [-0.1, -0.05) is 24.3 Å². The third-order valence-electron chi connectivity index (χ3n) is 3.10. The molecule has 1 aromatic heterocycles. The Kier molecular flexibility index (Phi) is 2.15. The Morgan fingerprint density at radius 2 is 2.12 bits per heavy atom. The number of anilines is 1. The summed E-state index contributed by atoms with van der Waals surface area (Å²) < 4.78 is 0. The lowest BCUT2D eigenvalue weighted by Crippen LogP contribution is -2.09. The molecule has 0 fully saturated rings. The van der Waals surface area contributed by atoms with E-state index in [1.54, 1.807) is 6.20 Å². The van der Waals surface area contributed by atoms with Crippen molar-refractivity contribution in [3.63, 3.8) is 0 Å². The molecule has 3 rings (SSSR count). The van der Waals surface area contributed by atoms with Crippen molar-refractivity contribution in [2.45, 2.75) is 18.5 Å². The van der Waals surface area contributed by atoms with Crippen molar-refractivity contribution in [2.24, 2.45) is 5.73 Å². The van der Waals surface area contributed by atoms with Gasteiger partial charge in [0.2, 0.25) is 0 Å². The third-order valence-corrected chi connectivity index (χ3v) is 3.10. The zero-order valence-corrected chi connectivity index (χ0v) is 8.85. The SMILES string of the molecule is NC1CC(Nc2cn[nH]c2)c2ccccc21. The van der Waals surface area contributed by atoms with Crippen LogP contribution in [0.1, 0.15) is 29.6 Å². The van der Waals surface area contributed by atoms with Gasteiger partial charge in [-0.2, -0.15) is 5.10 Å². The first-order chi connectivity index (χ1) is 7.84. The van der Waals surface area contributed by atoms with Gasteiger partial charge >= 0.3 is 0 Å². The van der Waals surface area contributed by atoms with Crippen LogP contribution in [0, 0.1) is 0 Å². The first-order valence-electron chi connectivity index (χ1n) is 5.44. The summed E-state index contributed by atoms with van der Waals surface area (Å²) in [4.78, 5) is 0. The topological polar surface area (TPSA) is 66.7 Å². The maximum absolute atomic E-state index is 6.10. The number of nitrogens with one attached hydrogen (secondary N) is 2. The summed E-state index contributed by atoms with van der Waals surface area (Å²) >= 11 is 0. The molecule has 4 nitrogen and oxygen atoms in total. The molecule has 0 amide bonds. The van der Waals surface area contributed by atoms with Gasteiger partial charge < -0.3 is 11.1 Å². The second-order valence-corrected chi connectivity index (χ2v) is 4.16. The van der Waals surface area contributed by atoms with Crippen LogP contribution in [-0.2, 0) is 0 Å². The minimum absolute atomic E-state index is 0.139. The molecule has 0 bridgehead atoms. The number of benzene rings is 1. The second-order valence-electron chi connectivity index (χ2n) is 4.16. The molecule has 1 heterocycles. The Hall–Kier alpha value is -1.81. The van der Waals surface area contributed by atoms with Crippen LogP contribution in [0.2, 0.25) is 0 Å². The van der Waals surface area contributed by atoms with E-state index in [0.29, 0.717) is 6.04 Å². The van der Waals surface area contributed by atoms with E-state index >= 15 is 0 Å². The van der Waals surface area contributed by atoms with Crippen molar-refractivity contribution in [3.05, 3.63) is 47.8 Å². The average molecular weight is 214 g/mol. The van der Waals surface area contributed by atoms with E-state index in [9.17, 15) is 0 Å². The molecule has 0 radical (unpaired) electrons. The van der Waals surface area contributed by atoms with Crippen molar-refractivity contribution >= 4 is 5.69 Å². The Morgan fingerprint density at radius 3 is 2.88 bits per heavy atom. The van der Waals surface area contributed by atoms with Gasteiger partial charge in [-0.15, -0.1) is 0 Å². The zero-order chi connectivity index (χ0) is 11.0. The molecule has 0 aliphatic heterocycles. The first-order valence-corrected chi connectivity index (χ1v) is 5.44. The molecular formula is C12H14N4. The van der Waals surface area contributed by atoms with Crippen LogP contribution in [0.4, 0.5) is 5.69 Å². The van der Waals surface area contributed by atoms with E-state index in [-0.39, 0.29) is 6.04 Å². The fourth-order valence-corrected chi connectivity index (χ4v) is 2.34. The molecule has 1 aromatic carbocycles. The van der Waals surface area contributed by atoms with E-state index in [1.807, 2.05) is 12.3 Å². The van der Waals surface area contributed by atoms with Crippen LogP contribution >= 0.6 is 0 Å². The van der Waals surface area contributed by atoms with Crippen LogP contribution < -0.4 is 11.1 Å². The third kappa shape index (κ3) is 1.47. The van der Waals surface area contributed by atoms with Gasteiger partial charge in [0, 0.05) is 12.2 Å².